The van der Waals surface area contributed by atoms with Gasteiger partial charge in [-0.2, -0.15) is 0 Å². The van der Waals surface area contributed by atoms with E-state index < -0.39 is 5.97 Å². The zero-order valence-electron chi connectivity index (χ0n) is 20.0. The van der Waals surface area contributed by atoms with Gasteiger partial charge in [-0.1, -0.05) is 36.4 Å². The Bertz CT molecular complexity index is 1390. The van der Waals surface area contributed by atoms with E-state index in [4.69, 9.17) is 14.1 Å². The average Bonchev–Trinajstić information content (AvgIpc) is 3.48. The van der Waals surface area contributed by atoms with Crippen LogP contribution in [0.3, 0.4) is 0 Å². The lowest BCUT2D eigenvalue weighted by molar-refractivity contribution is 0.0519. The summed E-state index contributed by atoms with van der Waals surface area (Å²) in [6, 6.07) is 19.4. The third kappa shape index (κ3) is 4.49. The average molecular weight is 470 g/mol. The Balaban J connectivity index is 1.57. The molecule has 0 saturated carbocycles. The van der Waals surface area contributed by atoms with Gasteiger partial charge in [0.05, 0.1) is 18.8 Å². The number of hydrogen-bond donors (Lipinski definition) is 1. The summed E-state index contributed by atoms with van der Waals surface area (Å²) in [5.41, 5.74) is 5.30. The molecule has 2 aromatic heterocycles. The monoisotopic (exact) mass is 469 g/mol. The fraction of sp³-hybridized carbons (Fsp3) is 0.250. The van der Waals surface area contributed by atoms with E-state index in [0.29, 0.717) is 18.8 Å². The van der Waals surface area contributed by atoms with Crippen LogP contribution in [0.4, 0.5) is 4.79 Å². The van der Waals surface area contributed by atoms with Crippen molar-refractivity contribution in [1.82, 2.24) is 15.2 Å². The summed E-state index contributed by atoms with van der Waals surface area (Å²) < 4.78 is 11.3. The summed E-state index contributed by atoms with van der Waals surface area (Å²) in [6.45, 7) is 6.69. The number of nitrogens with one attached hydrogen (secondary N) is 1. The standard InChI is InChI=1S/C28H27N3O4/c1-4-34-27(32)23-13-21-15-31(28(33)29-17(2)3)16-22(21)26(30-23)20-10-7-9-18(12-20)25-14-19-8-5-6-11-24(19)35-25/h5-14,17H,4,15-16H2,1-3H3,(H,29,33). The van der Waals surface area contributed by atoms with Gasteiger partial charge >= 0.3 is 12.0 Å². The number of esters is 1. The van der Waals surface area contributed by atoms with Crippen LogP contribution in [0.25, 0.3) is 33.6 Å². The predicted octanol–water partition coefficient (Wildman–Crippen LogP) is 5.77. The summed E-state index contributed by atoms with van der Waals surface area (Å²) in [5, 5.41) is 3.97. The van der Waals surface area contributed by atoms with E-state index in [2.05, 4.69) is 5.32 Å². The number of carbonyl (C=O) groups excluding carboxylic acids is 2. The van der Waals surface area contributed by atoms with Crippen LogP contribution in [0.2, 0.25) is 0 Å². The molecule has 0 fully saturated rings. The number of benzene rings is 2. The molecule has 0 radical (unpaired) electrons. The third-order valence-electron chi connectivity index (χ3n) is 5.96. The molecule has 0 atom stereocenters. The number of carbonyl (C=O) groups is 2. The Morgan fingerprint density at radius 3 is 2.63 bits per heavy atom. The SMILES string of the molecule is CCOC(=O)c1cc2c(c(-c3cccc(-c4cc5ccccc5o4)c3)n1)CN(C(=O)NC(C)C)C2. The molecule has 3 heterocycles. The molecule has 7 heteroatoms. The van der Waals surface area contributed by atoms with Crippen molar-refractivity contribution in [2.24, 2.45) is 0 Å². The molecule has 178 valence electrons. The molecule has 0 saturated heterocycles. The molecule has 35 heavy (non-hydrogen) atoms. The van der Waals surface area contributed by atoms with E-state index in [1.807, 2.05) is 68.4 Å². The Kier molecular flexibility index (Phi) is 5.99. The van der Waals surface area contributed by atoms with Crippen LogP contribution in [-0.4, -0.2) is 34.5 Å². The number of ether oxygens (including phenoxy) is 1. The van der Waals surface area contributed by atoms with Gasteiger partial charge in [-0.05, 0) is 50.6 Å². The number of hydrogen-bond acceptors (Lipinski definition) is 5. The number of furan rings is 1. The number of nitrogens with zero attached hydrogens (tertiary/aromatic N) is 2. The largest absolute Gasteiger partial charge is 0.461 e. The normalized spacial score (nSPS) is 12.7. The molecule has 7 nitrogen and oxygen atoms in total. The van der Waals surface area contributed by atoms with Crippen molar-refractivity contribution in [1.29, 1.82) is 0 Å². The Morgan fingerprint density at radius 2 is 1.86 bits per heavy atom. The molecule has 0 bridgehead atoms. The van der Waals surface area contributed by atoms with Crippen LogP contribution in [-0.2, 0) is 17.8 Å². The van der Waals surface area contributed by atoms with Gasteiger partial charge in [0, 0.05) is 34.7 Å². The highest BCUT2D eigenvalue weighted by atomic mass is 16.5. The molecule has 0 unspecified atom stereocenters. The molecule has 1 N–H and O–H groups in total. The Morgan fingerprint density at radius 1 is 1.06 bits per heavy atom. The quantitative estimate of drug-likeness (QED) is 0.375. The summed E-state index contributed by atoms with van der Waals surface area (Å²) in [7, 11) is 0. The lowest BCUT2D eigenvalue weighted by atomic mass is 9.99. The smallest absolute Gasteiger partial charge is 0.356 e. The van der Waals surface area contributed by atoms with Crippen molar-refractivity contribution in [2.75, 3.05) is 6.61 Å². The van der Waals surface area contributed by atoms with Crippen molar-refractivity contribution in [2.45, 2.75) is 39.9 Å². The maximum absolute atomic E-state index is 12.7. The number of urea groups is 1. The predicted molar refractivity (Wildman–Crippen MR) is 134 cm³/mol. The second kappa shape index (κ2) is 9.25. The highest BCUT2D eigenvalue weighted by molar-refractivity contribution is 5.89. The number of amides is 2. The minimum absolute atomic E-state index is 0.0272. The first-order valence-electron chi connectivity index (χ1n) is 11.8. The van der Waals surface area contributed by atoms with Gasteiger partial charge in [-0.25, -0.2) is 14.6 Å². The summed E-state index contributed by atoms with van der Waals surface area (Å²) in [6.07, 6.45) is 0. The first-order chi connectivity index (χ1) is 16.9. The molecule has 2 aromatic carbocycles. The van der Waals surface area contributed by atoms with Gasteiger partial charge in [0.1, 0.15) is 17.0 Å². The Labute approximate surface area is 203 Å². The number of fused-ring (bicyclic) bond motifs is 2. The van der Waals surface area contributed by atoms with Crippen LogP contribution in [0.1, 0.15) is 42.4 Å². The van der Waals surface area contributed by atoms with Gasteiger partial charge in [0.25, 0.3) is 0 Å². The van der Waals surface area contributed by atoms with Gasteiger partial charge in [0.2, 0.25) is 0 Å². The van der Waals surface area contributed by atoms with E-state index in [1.54, 1.807) is 17.9 Å². The minimum atomic E-state index is -0.477. The van der Waals surface area contributed by atoms with Crippen LogP contribution in [0.5, 0.6) is 0 Å². The molecule has 2 amide bonds. The molecule has 0 aliphatic carbocycles. The van der Waals surface area contributed by atoms with Crippen LogP contribution >= 0.6 is 0 Å². The van der Waals surface area contributed by atoms with E-state index in [0.717, 1.165) is 39.0 Å². The maximum atomic E-state index is 12.7. The topological polar surface area (TPSA) is 84.7 Å². The maximum Gasteiger partial charge on any atom is 0.356 e. The van der Waals surface area contributed by atoms with Gasteiger partial charge in [0.15, 0.2) is 0 Å². The number of rotatable bonds is 5. The molecule has 1 aliphatic rings. The van der Waals surface area contributed by atoms with E-state index >= 15 is 0 Å². The first kappa shape index (κ1) is 22.7. The summed E-state index contributed by atoms with van der Waals surface area (Å²) >= 11 is 0. The zero-order valence-corrected chi connectivity index (χ0v) is 20.0. The lowest BCUT2D eigenvalue weighted by Gasteiger charge is -2.18. The molecule has 5 rings (SSSR count). The molecule has 0 spiro atoms. The molecule has 1 aliphatic heterocycles. The second-order valence-corrected chi connectivity index (χ2v) is 8.90. The molecular formula is C28H27N3O4. The van der Waals surface area contributed by atoms with E-state index in [-0.39, 0.29) is 24.4 Å². The van der Waals surface area contributed by atoms with Crippen molar-refractivity contribution < 1.29 is 18.7 Å². The van der Waals surface area contributed by atoms with Gasteiger partial charge in [-0.3, -0.25) is 0 Å². The fourth-order valence-electron chi connectivity index (χ4n) is 4.37. The van der Waals surface area contributed by atoms with E-state index in [9.17, 15) is 9.59 Å². The van der Waals surface area contributed by atoms with Crippen LogP contribution in [0, 0.1) is 0 Å². The lowest BCUT2D eigenvalue weighted by Crippen LogP contribution is -2.40. The van der Waals surface area contributed by atoms with Crippen molar-refractivity contribution in [3.05, 3.63) is 77.5 Å². The molecular weight excluding hydrogens is 442 g/mol. The first-order valence-corrected chi connectivity index (χ1v) is 11.8. The minimum Gasteiger partial charge on any atom is -0.461 e. The van der Waals surface area contributed by atoms with Gasteiger partial charge < -0.3 is 19.4 Å². The molecule has 4 aromatic rings. The highest BCUT2D eigenvalue weighted by Crippen LogP contribution is 2.35. The highest BCUT2D eigenvalue weighted by Gasteiger charge is 2.29. The fourth-order valence-corrected chi connectivity index (χ4v) is 4.37. The Hall–Kier alpha value is -4.13. The van der Waals surface area contributed by atoms with Crippen molar-refractivity contribution >= 4 is 23.0 Å². The number of pyridine rings is 1. The summed E-state index contributed by atoms with van der Waals surface area (Å²) in [4.78, 5) is 31.7. The van der Waals surface area contributed by atoms with Crippen molar-refractivity contribution in [3.63, 3.8) is 0 Å². The van der Waals surface area contributed by atoms with E-state index in [1.165, 1.54) is 0 Å². The van der Waals surface area contributed by atoms with Crippen LogP contribution < -0.4 is 5.32 Å². The van der Waals surface area contributed by atoms with Crippen LogP contribution in [0.15, 0.2) is 65.1 Å². The third-order valence-corrected chi connectivity index (χ3v) is 5.96. The summed E-state index contributed by atoms with van der Waals surface area (Å²) in [5.74, 6) is 0.277. The number of aromatic nitrogens is 1. The number of para-hydroxylation sites is 1. The second-order valence-electron chi connectivity index (χ2n) is 8.90. The zero-order chi connectivity index (χ0) is 24.5. The van der Waals surface area contributed by atoms with Gasteiger partial charge in [-0.15, -0.1) is 0 Å². The van der Waals surface area contributed by atoms with Crippen molar-refractivity contribution in [3.8, 4) is 22.6 Å².